The Balaban J connectivity index is 1.97. The van der Waals surface area contributed by atoms with Gasteiger partial charge in [-0.15, -0.1) is 0 Å². The van der Waals surface area contributed by atoms with Gasteiger partial charge in [-0.25, -0.2) is 0 Å². The van der Waals surface area contributed by atoms with Gasteiger partial charge in [0.2, 0.25) is 0 Å². The Hall–Kier alpha value is -1.89. The molecule has 0 atom stereocenters. The highest BCUT2D eigenvalue weighted by Gasteiger charge is 1.87. The molecule has 0 saturated heterocycles. The molecule has 0 N–H and O–H groups in total. The molecule has 0 saturated carbocycles. The summed E-state index contributed by atoms with van der Waals surface area (Å²) in [5, 5.41) is 0. The Bertz CT molecular complexity index is 418. The van der Waals surface area contributed by atoms with E-state index in [1.165, 1.54) is 5.56 Å². The molecule has 2 aromatic carbocycles. The predicted molar refractivity (Wildman–Crippen MR) is 64.7 cm³/mol. The van der Waals surface area contributed by atoms with Gasteiger partial charge in [0.15, 0.2) is 0 Å². The van der Waals surface area contributed by atoms with Crippen LogP contribution in [0.1, 0.15) is 5.56 Å². The average molecular weight is 195 g/mol. The van der Waals surface area contributed by atoms with Gasteiger partial charge in [0.1, 0.15) is 0 Å². The number of benzene rings is 2. The monoisotopic (exact) mass is 195 g/mol. The summed E-state index contributed by atoms with van der Waals surface area (Å²) in [7, 11) is 0. The summed E-state index contributed by atoms with van der Waals surface area (Å²) in [6, 6.07) is 20.3. The van der Waals surface area contributed by atoms with Crippen molar-refractivity contribution >= 4 is 11.9 Å². The Morgan fingerprint density at radius 1 is 0.800 bits per heavy atom. The van der Waals surface area contributed by atoms with Crippen LogP contribution in [-0.2, 0) is 6.42 Å². The molecule has 0 fully saturated rings. The summed E-state index contributed by atoms with van der Waals surface area (Å²) in [5.74, 6) is 0. The number of hydrogen-bond donors (Lipinski definition) is 0. The van der Waals surface area contributed by atoms with Gasteiger partial charge in [0.05, 0.1) is 5.69 Å². The van der Waals surface area contributed by atoms with Gasteiger partial charge in [-0.05, 0) is 17.7 Å². The molecule has 0 unspecified atom stereocenters. The fraction of sp³-hybridized carbons (Fsp3) is 0.0714. The smallest absolute Gasteiger partial charge is 0.0625 e. The van der Waals surface area contributed by atoms with Gasteiger partial charge in [-0.3, -0.25) is 4.99 Å². The fourth-order valence-corrected chi connectivity index (χ4v) is 1.38. The van der Waals surface area contributed by atoms with Crippen molar-refractivity contribution in [2.75, 3.05) is 0 Å². The maximum Gasteiger partial charge on any atom is 0.0625 e. The minimum atomic E-state index is 0.885. The summed E-state index contributed by atoms with van der Waals surface area (Å²) in [6.45, 7) is 0. The standard InChI is InChI=1S/C14H13N/c1-3-7-13(8-4-1)11-12-15-14-9-5-2-6-10-14/h1-10,12H,11H2/b15-12-. The number of hydrogen-bond acceptors (Lipinski definition) is 1. The lowest BCUT2D eigenvalue weighted by molar-refractivity contribution is 1.34. The van der Waals surface area contributed by atoms with Crippen LogP contribution in [0.2, 0.25) is 0 Å². The molecule has 74 valence electrons. The van der Waals surface area contributed by atoms with Crippen LogP contribution in [0.3, 0.4) is 0 Å². The van der Waals surface area contributed by atoms with Crippen LogP contribution in [0, 0.1) is 0 Å². The zero-order valence-corrected chi connectivity index (χ0v) is 8.51. The van der Waals surface area contributed by atoms with Crippen LogP contribution in [0.5, 0.6) is 0 Å². The fourth-order valence-electron chi connectivity index (χ4n) is 1.38. The van der Waals surface area contributed by atoms with Crippen LogP contribution in [0.4, 0.5) is 5.69 Å². The molecule has 0 aliphatic rings. The second-order valence-electron chi connectivity index (χ2n) is 3.34. The molecular formula is C14H13N. The normalized spacial score (nSPS) is 10.7. The van der Waals surface area contributed by atoms with E-state index in [1.807, 2.05) is 54.7 Å². The maximum atomic E-state index is 4.38. The molecule has 0 amide bonds. The summed E-state index contributed by atoms with van der Waals surface area (Å²) in [6.07, 6.45) is 2.83. The first-order valence-electron chi connectivity index (χ1n) is 5.06. The summed E-state index contributed by atoms with van der Waals surface area (Å²) >= 11 is 0. The van der Waals surface area contributed by atoms with Crippen molar-refractivity contribution in [1.82, 2.24) is 0 Å². The highest BCUT2D eigenvalue weighted by atomic mass is 14.7. The van der Waals surface area contributed by atoms with Gasteiger partial charge in [0, 0.05) is 12.6 Å². The lowest BCUT2D eigenvalue weighted by Crippen LogP contribution is -1.83. The summed E-state index contributed by atoms with van der Waals surface area (Å²) < 4.78 is 0. The molecule has 15 heavy (non-hydrogen) atoms. The van der Waals surface area contributed by atoms with Crippen LogP contribution < -0.4 is 0 Å². The SMILES string of the molecule is C(/Cc1ccccc1)=N/c1ccccc1. The quantitative estimate of drug-likeness (QED) is 0.663. The van der Waals surface area contributed by atoms with E-state index in [0.717, 1.165) is 12.1 Å². The molecule has 1 heteroatoms. The van der Waals surface area contributed by atoms with E-state index >= 15 is 0 Å². The van der Waals surface area contributed by atoms with Crippen molar-refractivity contribution in [1.29, 1.82) is 0 Å². The van der Waals surface area contributed by atoms with E-state index in [2.05, 4.69) is 17.1 Å². The van der Waals surface area contributed by atoms with E-state index in [1.54, 1.807) is 0 Å². The third-order valence-corrected chi connectivity index (χ3v) is 2.17. The Kier molecular flexibility index (Phi) is 3.29. The number of para-hydroxylation sites is 1. The average Bonchev–Trinajstić information content (AvgIpc) is 2.32. The predicted octanol–water partition coefficient (Wildman–Crippen LogP) is 3.63. The minimum absolute atomic E-state index is 0.885. The summed E-state index contributed by atoms with van der Waals surface area (Å²) in [5.41, 5.74) is 2.30. The Morgan fingerprint density at radius 2 is 1.40 bits per heavy atom. The van der Waals surface area contributed by atoms with Crippen LogP contribution in [0.25, 0.3) is 0 Å². The van der Waals surface area contributed by atoms with Gasteiger partial charge >= 0.3 is 0 Å². The highest BCUT2D eigenvalue weighted by molar-refractivity contribution is 5.65. The van der Waals surface area contributed by atoms with Crippen LogP contribution in [-0.4, -0.2) is 6.21 Å². The molecule has 0 spiro atoms. The van der Waals surface area contributed by atoms with Crippen LogP contribution in [0.15, 0.2) is 65.7 Å². The molecule has 1 nitrogen and oxygen atoms in total. The zero-order chi connectivity index (χ0) is 10.3. The second kappa shape index (κ2) is 5.11. The molecule has 0 aliphatic heterocycles. The number of nitrogens with zero attached hydrogens (tertiary/aromatic N) is 1. The van der Waals surface area contributed by atoms with Gasteiger partial charge < -0.3 is 0 Å². The first-order valence-corrected chi connectivity index (χ1v) is 5.06. The van der Waals surface area contributed by atoms with Crippen molar-refractivity contribution in [3.8, 4) is 0 Å². The molecule has 0 radical (unpaired) electrons. The van der Waals surface area contributed by atoms with Crippen molar-refractivity contribution in [2.45, 2.75) is 6.42 Å². The molecule has 2 rings (SSSR count). The van der Waals surface area contributed by atoms with Crippen molar-refractivity contribution in [3.05, 3.63) is 66.2 Å². The topological polar surface area (TPSA) is 12.4 Å². The maximum absolute atomic E-state index is 4.38. The van der Waals surface area contributed by atoms with Gasteiger partial charge in [-0.2, -0.15) is 0 Å². The first kappa shape index (κ1) is 9.66. The molecular weight excluding hydrogens is 182 g/mol. The van der Waals surface area contributed by atoms with Crippen molar-refractivity contribution in [3.63, 3.8) is 0 Å². The summed E-state index contributed by atoms with van der Waals surface area (Å²) in [4.78, 5) is 4.38. The lowest BCUT2D eigenvalue weighted by atomic mass is 10.2. The zero-order valence-electron chi connectivity index (χ0n) is 8.51. The van der Waals surface area contributed by atoms with Crippen molar-refractivity contribution in [2.24, 2.45) is 4.99 Å². The largest absolute Gasteiger partial charge is 0.261 e. The molecule has 0 aliphatic carbocycles. The van der Waals surface area contributed by atoms with Crippen molar-refractivity contribution < 1.29 is 0 Å². The van der Waals surface area contributed by atoms with E-state index in [4.69, 9.17) is 0 Å². The van der Waals surface area contributed by atoms with E-state index in [-0.39, 0.29) is 0 Å². The molecule has 2 aromatic rings. The van der Waals surface area contributed by atoms with E-state index in [9.17, 15) is 0 Å². The number of aliphatic imine (C=N–C) groups is 1. The first-order chi connectivity index (χ1) is 7.45. The van der Waals surface area contributed by atoms with Gasteiger partial charge in [0.25, 0.3) is 0 Å². The molecule has 0 heterocycles. The molecule has 0 bridgehead atoms. The third-order valence-electron chi connectivity index (χ3n) is 2.17. The minimum Gasteiger partial charge on any atom is -0.261 e. The second-order valence-corrected chi connectivity index (χ2v) is 3.34. The number of rotatable bonds is 3. The lowest BCUT2D eigenvalue weighted by Gasteiger charge is -1.94. The third kappa shape index (κ3) is 3.06. The van der Waals surface area contributed by atoms with Crippen LogP contribution >= 0.6 is 0 Å². The van der Waals surface area contributed by atoms with Gasteiger partial charge in [-0.1, -0.05) is 48.5 Å². The Morgan fingerprint density at radius 3 is 2.07 bits per heavy atom. The highest BCUT2D eigenvalue weighted by Crippen LogP contribution is 2.09. The van der Waals surface area contributed by atoms with E-state index < -0.39 is 0 Å². The Labute approximate surface area is 90.1 Å². The van der Waals surface area contributed by atoms with E-state index in [0.29, 0.717) is 0 Å². The molecule has 0 aromatic heterocycles.